The van der Waals surface area contributed by atoms with Gasteiger partial charge in [-0.2, -0.15) is 0 Å². The van der Waals surface area contributed by atoms with Gasteiger partial charge in [-0.05, 0) is 24.6 Å². The standard InChI is InChI=1S/C12H15ClFNO/c1-12(2)10(6-11(12)16)15-9-5-7(13)3-4-8(9)14/h3-5,10-11,15-16H,6H2,1-2H3. The van der Waals surface area contributed by atoms with Gasteiger partial charge in [-0.15, -0.1) is 0 Å². The number of nitrogens with one attached hydrogen (secondary N) is 1. The molecule has 1 aromatic carbocycles. The van der Waals surface area contributed by atoms with Crippen molar-refractivity contribution in [3.63, 3.8) is 0 Å². The van der Waals surface area contributed by atoms with Crippen LogP contribution in [0.25, 0.3) is 0 Å². The Labute approximate surface area is 99.4 Å². The monoisotopic (exact) mass is 243 g/mol. The average Bonchev–Trinajstić information content (AvgIpc) is 2.23. The Morgan fingerprint density at radius 1 is 1.50 bits per heavy atom. The lowest BCUT2D eigenvalue weighted by Gasteiger charge is -2.49. The average molecular weight is 244 g/mol. The molecule has 2 atom stereocenters. The summed E-state index contributed by atoms with van der Waals surface area (Å²) in [6.45, 7) is 3.92. The third kappa shape index (κ3) is 1.89. The van der Waals surface area contributed by atoms with Crippen LogP contribution in [0.2, 0.25) is 5.02 Å². The lowest BCUT2D eigenvalue weighted by Crippen LogP contribution is -2.57. The largest absolute Gasteiger partial charge is 0.392 e. The van der Waals surface area contributed by atoms with Gasteiger partial charge in [-0.3, -0.25) is 0 Å². The molecule has 1 aromatic rings. The van der Waals surface area contributed by atoms with Crippen molar-refractivity contribution in [3.05, 3.63) is 29.0 Å². The van der Waals surface area contributed by atoms with Crippen molar-refractivity contribution in [3.8, 4) is 0 Å². The van der Waals surface area contributed by atoms with Crippen molar-refractivity contribution in [1.82, 2.24) is 0 Å². The molecule has 1 fully saturated rings. The minimum Gasteiger partial charge on any atom is -0.392 e. The lowest BCUT2D eigenvalue weighted by atomic mass is 9.64. The van der Waals surface area contributed by atoms with Gasteiger partial charge < -0.3 is 10.4 Å². The summed E-state index contributed by atoms with van der Waals surface area (Å²) in [5.74, 6) is -0.318. The number of hydrogen-bond donors (Lipinski definition) is 2. The number of rotatable bonds is 2. The van der Waals surface area contributed by atoms with Gasteiger partial charge >= 0.3 is 0 Å². The van der Waals surface area contributed by atoms with E-state index in [0.29, 0.717) is 17.1 Å². The summed E-state index contributed by atoms with van der Waals surface area (Å²) in [6, 6.07) is 4.50. The van der Waals surface area contributed by atoms with E-state index in [1.807, 2.05) is 13.8 Å². The van der Waals surface area contributed by atoms with E-state index in [0.717, 1.165) is 0 Å². The highest BCUT2D eigenvalue weighted by atomic mass is 35.5. The quantitative estimate of drug-likeness (QED) is 0.837. The summed E-state index contributed by atoms with van der Waals surface area (Å²) >= 11 is 5.81. The molecule has 2 rings (SSSR count). The summed E-state index contributed by atoms with van der Waals surface area (Å²) in [5, 5.41) is 13.2. The van der Waals surface area contributed by atoms with Gasteiger partial charge in [0.2, 0.25) is 0 Å². The Hall–Kier alpha value is -0.800. The number of benzene rings is 1. The third-order valence-corrected chi connectivity index (χ3v) is 3.71. The van der Waals surface area contributed by atoms with Crippen molar-refractivity contribution < 1.29 is 9.50 Å². The van der Waals surface area contributed by atoms with Crippen LogP contribution in [0.1, 0.15) is 20.3 Å². The molecule has 4 heteroatoms. The van der Waals surface area contributed by atoms with E-state index in [9.17, 15) is 9.50 Å². The summed E-state index contributed by atoms with van der Waals surface area (Å²) in [6.07, 6.45) is 0.311. The molecule has 0 radical (unpaired) electrons. The van der Waals surface area contributed by atoms with Crippen LogP contribution < -0.4 is 5.32 Å². The zero-order chi connectivity index (χ0) is 11.9. The zero-order valence-corrected chi connectivity index (χ0v) is 10.1. The van der Waals surface area contributed by atoms with Crippen LogP contribution in [-0.2, 0) is 0 Å². The van der Waals surface area contributed by atoms with Gasteiger partial charge in [-0.25, -0.2) is 4.39 Å². The molecule has 16 heavy (non-hydrogen) atoms. The molecule has 0 heterocycles. The predicted molar refractivity (Wildman–Crippen MR) is 63.2 cm³/mol. The second-order valence-corrected chi connectivity index (χ2v) is 5.33. The number of halogens is 2. The Morgan fingerprint density at radius 2 is 2.19 bits per heavy atom. The highest BCUT2D eigenvalue weighted by molar-refractivity contribution is 6.30. The molecular formula is C12H15ClFNO. The maximum Gasteiger partial charge on any atom is 0.146 e. The van der Waals surface area contributed by atoms with Crippen molar-refractivity contribution in [2.45, 2.75) is 32.4 Å². The van der Waals surface area contributed by atoms with Crippen LogP contribution in [0.5, 0.6) is 0 Å². The van der Waals surface area contributed by atoms with Crippen molar-refractivity contribution in [2.75, 3.05) is 5.32 Å². The van der Waals surface area contributed by atoms with Gasteiger partial charge in [0.05, 0.1) is 11.8 Å². The van der Waals surface area contributed by atoms with Crippen LogP contribution in [-0.4, -0.2) is 17.3 Å². The molecule has 1 saturated carbocycles. The third-order valence-electron chi connectivity index (χ3n) is 3.47. The van der Waals surface area contributed by atoms with E-state index >= 15 is 0 Å². The second-order valence-electron chi connectivity index (χ2n) is 4.89. The van der Waals surface area contributed by atoms with Crippen molar-refractivity contribution in [2.24, 2.45) is 5.41 Å². The first-order valence-corrected chi connectivity index (χ1v) is 5.68. The Kier molecular flexibility index (Phi) is 2.84. The number of aliphatic hydroxyl groups is 1. The Balaban J connectivity index is 2.13. The molecular weight excluding hydrogens is 229 g/mol. The zero-order valence-electron chi connectivity index (χ0n) is 9.30. The fourth-order valence-electron chi connectivity index (χ4n) is 1.94. The molecule has 1 aliphatic carbocycles. The first-order valence-electron chi connectivity index (χ1n) is 5.31. The van der Waals surface area contributed by atoms with Crippen molar-refractivity contribution >= 4 is 17.3 Å². The molecule has 0 aliphatic heterocycles. The molecule has 0 saturated heterocycles. The van der Waals surface area contributed by atoms with Gasteiger partial charge in [-0.1, -0.05) is 25.4 Å². The molecule has 0 aromatic heterocycles. The molecule has 88 valence electrons. The van der Waals surface area contributed by atoms with Gasteiger partial charge in [0.1, 0.15) is 5.82 Å². The van der Waals surface area contributed by atoms with Gasteiger partial charge in [0.25, 0.3) is 0 Å². The first-order chi connectivity index (χ1) is 7.41. The fourth-order valence-corrected chi connectivity index (χ4v) is 2.12. The van der Waals surface area contributed by atoms with E-state index in [2.05, 4.69) is 5.32 Å². The van der Waals surface area contributed by atoms with Crippen LogP contribution >= 0.6 is 11.6 Å². The maximum absolute atomic E-state index is 13.5. The SMILES string of the molecule is CC1(C)C(O)CC1Nc1cc(Cl)ccc1F. The predicted octanol–water partition coefficient (Wildman–Crippen LogP) is 3.05. The topological polar surface area (TPSA) is 32.3 Å². The molecule has 2 nitrogen and oxygen atoms in total. The van der Waals surface area contributed by atoms with E-state index in [1.165, 1.54) is 12.1 Å². The normalized spacial score (nSPS) is 27.3. The van der Waals surface area contributed by atoms with E-state index in [4.69, 9.17) is 11.6 Å². The van der Waals surface area contributed by atoms with E-state index in [1.54, 1.807) is 6.07 Å². The molecule has 2 unspecified atom stereocenters. The van der Waals surface area contributed by atoms with Crippen LogP contribution in [0.3, 0.4) is 0 Å². The Bertz CT molecular complexity index is 408. The molecule has 0 amide bonds. The van der Waals surface area contributed by atoms with Crippen molar-refractivity contribution in [1.29, 1.82) is 0 Å². The Morgan fingerprint density at radius 3 is 2.75 bits per heavy atom. The molecule has 0 bridgehead atoms. The minimum absolute atomic E-state index is 0.0791. The van der Waals surface area contributed by atoms with E-state index < -0.39 is 0 Å². The number of anilines is 1. The fraction of sp³-hybridized carbons (Fsp3) is 0.500. The summed E-state index contributed by atoms with van der Waals surface area (Å²) in [7, 11) is 0. The van der Waals surface area contributed by atoms with Crippen LogP contribution in [0.4, 0.5) is 10.1 Å². The molecule has 1 aliphatic rings. The summed E-state index contributed by atoms with van der Waals surface area (Å²) in [4.78, 5) is 0. The second kappa shape index (κ2) is 3.90. The first kappa shape index (κ1) is 11.7. The highest BCUT2D eigenvalue weighted by Gasteiger charge is 2.47. The number of hydrogen-bond acceptors (Lipinski definition) is 2. The molecule has 2 N–H and O–H groups in total. The summed E-state index contributed by atoms with van der Waals surface area (Å²) < 4.78 is 13.5. The van der Waals surface area contributed by atoms with Crippen LogP contribution in [0, 0.1) is 11.2 Å². The van der Waals surface area contributed by atoms with Gasteiger partial charge in [0.15, 0.2) is 0 Å². The van der Waals surface area contributed by atoms with Gasteiger partial charge in [0, 0.05) is 16.5 Å². The lowest BCUT2D eigenvalue weighted by molar-refractivity contribution is -0.0511. The maximum atomic E-state index is 13.5. The molecule has 0 spiro atoms. The summed E-state index contributed by atoms with van der Waals surface area (Å²) in [5.41, 5.74) is 0.173. The smallest absolute Gasteiger partial charge is 0.146 e. The minimum atomic E-state index is -0.327. The number of aliphatic hydroxyl groups excluding tert-OH is 1. The van der Waals surface area contributed by atoms with Crippen LogP contribution in [0.15, 0.2) is 18.2 Å². The van der Waals surface area contributed by atoms with E-state index in [-0.39, 0.29) is 23.4 Å². The highest BCUT2D eigenvalue weighted by Crippen LogP contribution is 2.42.